The van der Waals surface area contributed by atoms with E-state index in [-0.39, 0.29) is 18.3 Å². The van der Waals surface area contributed by atoms with E-state index in [1.807, 2.05) is 0 Å². The van der Waals surface area contributed by atoms with Crippen molar-refractivity contribution < 1.29 is 18.7 Å². The lowest BCUT2D eigenvalue weighted by molar-refractivity contribution is -0.130. The summed E-state index contributed by atoms with van der Waals surface area (Å²) in [7, 11) is 0. The Labute approximate surface area is 135 Å². The molecule has 0 heterocycles. The van der Waals surface area contributed by atoms with Crippen molar-refractivity contribution >= 4 is 11.8 Å². The fourth-order valence-corrected chi connectivity index (χ4v) is 2.75. The molecular formula is C17H23FN2O3. The van der Waals surface area contributed by atoms with E-state index in [0.717, 1.165) is 6.42 Å². The van der Waals surface area contributed by atoms with Crippen LogP contribution >= 0.6 is 0 Å². The number of hydrogen-bond donors (Lipinski definition) is 2. The smallest absolute Gasteiger partial charge is 0.276 e. The monoisotopic (exact) mass is 322 g/mol. The van der Waals surface area contributed by atoms with Crippen molar-refractivity contribution in [1.82, 2.24) is 10.9 Å². The minimum absolute atomic E-state index is 0.00581. The summed E-state index contributed by atoms with van der Waals surface area (Å²) in [5.41, 5.74) is 4.63. The Kier molecular flexibility index (Phi) is 6.84. The fraction of sp³-hybridized carbons (Fsp3) is 0.529. The van der Waals surface area contributed by atoms with Crippen molar-refractivity contribution in [2.24, 2.45) is 5.92 Å². The predicted octanol–water partition coefficient (Wildman–Crippen LogP) is 2.71. The molecule has 1 aromatic rings. The standard InChI is InChI=1S/C17H23FN2O3/c18-14-8-4-5-9-15(14)23-12-17(22)20-19-16(21)11-10-13-6-2-1-3-7-13/h4-5,8-9,13H,1-3,6-7,10-12H2,(H,19,21)(H,20,22). The highest BCUT2D eigenvalue weighted by Gasteiger charge is 2.15. The number of carbonyl (C=O) groups excluding carboxylic acids is 2. The van der Waals surface area contributed by atoms with Gasteiger partial charge < -0.3 is 4.74 Å². The number of para-hydroxylation sites is 1. The third kappa shape index (κ3) is 6.26. The number of hydrogen-bond acceptors (Lipinski definition) is 3. The van der Waals surface area contributed by atoms with Crippen LogP contribution in [0.4, 0.5) is 4.39 Å². The van der Waals surface area contributed by atoms with Crippen LogP contribution in [0, 0.1) is 11.7 Å². The van der Waals surface area contributed by atoms with Crippen molar-refractivity contribution in [2.45, 2.75) is 44.9 Å². The van der Waals surface area contributed by atoms with E-state index in [0.29, 0.717) is 12.3 Å². The van der Waals surface area contributed by atoms with Crippen LogP contribution in [0.3, 0.4) is 0 Å². The maximum atomic E-state index is 13.3. The molecule has 2 amide bonds. The zero-order valence-corrected chi connectivity index (χ0v) is 13.1. The first kappa shape index (κ1) is 17.2. The van der Waals surface area contributed by atoms with Crippen LogP contribution in [-0.2, 0) is 9.59 Å². The van der Waals surface area contributed by atoms with Gasteiger partial charge in [-0.15, -0.1) is 0 Å². The number of ether oxygens (including phenoxy) is 1. The van der Waals surface area contributed by atoms with Crippen LogP contribution in [0.25, 0.3) is 0 Å². The van der Waals surface area contributed by atoms with E-state index < -0.39 is 11.7 Å². The summed E-state index contributed by atoms with van der Waals surface area (Å²) < 4.78 is 18.4. The molecule has 1 saturated carbocycles. The second kappa shape index (κ2) is 9.12. The van der Waals surface area contributed by atoms with E-state index in [1.54, 1.807) is 6.07 Å². The highest BCUT2D eigenvalue weighted by Crippen LogP contribution is 2.27. The van der Waals surface area contributed by atoms with E-state index in [2.05, 4.69) is 10.9 Å². The molecule has 0 aliphatic heterocycles. The summed E-state index contributed by atoms with van der Waals surface area (Å²) in [4.78, 5) is 23.3. The van der Waals surface area contributed by atoms with Gasteiger partial charge in [-0.05, 0) is 24.5 Å². The van der Waals surface area contributed by atoms with Gasteiger partial charge in [0.2, 0.25) is 5.91 Å². The van der Waals surface area contributed by atoms with Crippen molar-refractivity contribution in [2.75, 3.05) is 6.61 Å². The van der Waals surface area contributed by atoms with Gasteiger partial charge in [-0.25, -0.2) is 4.39 Å². The number of benzene rings is 1. The average Bonchev–Trinajstić information content (AvgIpc) is 2.58. The molecule has 23 heavy (non-hydrogen) atoms. The quantitative estimate of drug-likeness (QED) is 0.791. The van der Waals surface area contributed by atoms with Crippen molar-refractivity contribution in [3.05, 3.63) is 30.1 Å². The van der Waals surface area contributed by atoms with Gasteiger partial charge in [0.1, 0.15) is 0 Å². The Morgan fingerprint density at radius 1 is 1.09 bits per heavy atom. The average molecular weight is 322 g/mol. The molecule has 1 aliphatic rings. The first-order valence-electron chi connectivity index (χ1n) is 8.10. The second-order valence-electron chi connectivity index (χ2n) is 5.86. The molecular weight excluding hydrogens is 299 g/mol. The Morgan fingerprint density at radius 3 is 2.52 bits per heavy atom. The summed E-state index contributed by atoms with van der Waals surface area (Å²) in [6.45, 7) is -0.357. The maximum absolute atomic E-state index is 13.3. The number of amides is 2. The van der Waals surface area contributed by atoms with Gasteiger partial charge in [0.05, 0.1) is 0 Å². The van der Waals surface area contributed by atoms with Crippen LogP contribution in [-0.4, -0.2) is 18.4 Å². The van der Waals surface area contributed by atoms with Gasteiger partial charge in [-0.2, -0.15) is 0 Å². The molecule has 1 fully saturated rings. The predicted molar refractivity (Wildman–Crippen MR) is 84.0 cm³/mol. The zero-order chi connectivity index (χ0) is 16.5. The second-order valence-corrected chi connectivity index (χ2v) is 5.86. The van der Waals surface area contributed by atoms with E-state index in [4.69, 9.17) is 4.74 Å². The van der Waals surface area contributed by atoms with Crippen LogP contribution in [0.1, 0.15) is 44.9 Å². The first-order chi connectivity index (χ1) is 11.1. The van der Waals surface area contributed by atoms with Gasteiger partial charge in [-0.3, -0.25) is 20.4 Å². The Morgan fingerprint density at radius 2 is 1.78 bits per heavy atom. The third-order valence-corrected chi connectivity index (χ3v) is 4.04. The SMILES string of the molecule is O=C(CCC1CCCCC1)NNC(=O)COc1ccccc1F. The molecule has 126 valence electrons. The van der Waals surface area contributed by atoms with Crippen LogP contribution < -0.4 is 15.6 Å². The number of rotatable bonds is 6. The summed E-state index contributed by atoms with van der Waals surface area (Å²) in [5.74, 6) is -0.647. The molecule has 0 radical (unpaired) electrons. The summed E-state index contributed by atoms with van der Waals surface area (Å²) >= 11 is 0. The molecule has 1 aliphatic carbocycles. The molecule has 5 nitrogen and oxygen atoms in total. The van der Waals surface area contributed by atoms with Crippen LogP contribution in [0.2, 0.25) is 0 Å². The van der Waals surface area contributed by atoms with Crippen molar-refractivity contribution in [3.8, 4) is 5.75 Å². The van der Waals surface area contributed by atoms with Crippen LogP contribution in [0.15, 0.2) is 24.3 Å². The van der Waals surface area contributed by atoms with Crippen LogP contribution in [0.5, 0.6) is 5.75 Å². The summed E-state index contributed by atoms with van der Waals surface area (Å²) in [5, 5.41) is 0. The molecule has 0 spiro atoms. The molecule has 1 aromatic carbocycles. The Bertz CT molecular complexity index is 530. The highest BCUT2D eigenvalue weighted by atomic mass is 19.1. The normalized spacial score (nSPS) is 15.0. The van der Waals surface area contributed by atoms with Gasteiger partial charge in [0.15, 0.2) is 18.2 Å². The van der Waals surface area contributed by atoms with E-state index in [9.17, 15) is 14.0 Å². The number of hydrazine groups is 1. The van der Waals surface area contributed by atoms with Crippen molar-refractivity contribution in [3.63, 3.8) is 0 Å². The summed E-state index contributed by atoms with van der Waals surface area (Å²) in [6, 6.07) is 5.84. The lowest BCUT2D eigenvalue weighted by atomic mass is 9.86. The number of halogens is 1. The van der Waals surface area contributed by atoms with E-state index in [1.165, 1.54) is 50.3 Å². The number of carbonyl (C=O) groups is 2. The molecule has 0 saturated heterocycles. The molecule has 0 unspecified atom stereocenters. The topological polar surface area (TPSA) is 67.4 Å². The fourth-order valence-electron chi connectivity index (χ4n) is 2.75. The third-order valence-electron chi connectivity index (χ3n) is 4.04. The molecule has 6 heteroatoms. The largest absolute Gasteiger partial charge is 0.481 e. The molecule has 2 N–H and O–H groups in total. The highest BCUT2D eigenvalue weighted by molar-refractivity contribution is 5.82. The Balaban J connectivity index is 1.60. The molecule has 2 rings (SSSR count). The zero-order valence-electron chi connectivity index (χ0n) is 13.1. The van der Waals surface area contributed by atoms with Gasteiger partial charge >= 0.3 is 0 Å². The molecule has 0 bridgehead atoms. The van der Waals surface area contributed by atoms with Crippen molar-refractivity contribution in [1.29, 1.82) is 0 Å². The van der Waals surface area contributed by atoms with Gasteiger partial charge in [0, 0.05) is 6.42 Å². The summed E-state index contributed by atoms with van der Waals surface area (Å²) in [6.07, 6.45) is 7.42. The van der Waals surface area contributed by atoms with E-state index >= 15 is 0 Å². The molecule has 0 atom stereocenters. The number of nitrogens with one attached hydrogen (secondary N) is 2. The lowest BCUT2D eigenvalue weighted by Gasteiger charge is -2.21. The minimum atomic E-state index is -0.531. The minimum Gasteiger partial charge on any atom is -0.481 e. The lowest BCUT2D eigenvalue weighted by Crippen LogP contribution is -2.43. The maximum Gasteiger partial charge on any atom is 0.276 e. The molecule has 0 aromatic heterocycles. The van der Waals surface area contributed by atoms with Gasteiger partial charge in [0.25, 0.3) is 5.91 Å². The Hall–Kier alpha value is -2.11. The van der Waals surface area contributed by atoms with Gasteiger partial charge in [-0.1, -0.05) is 44.2 Å². The first-order valence-corrected chi connectivity index (χ1v) is 8.10.